The van der Waals surface area contributed by atoms with Gasteiger partial charge in [-0.3, -0.25) is 4.79 Å². The number of allylic oxidation sites excluding steroid dienone is 3. The Kier molecular flexibility index (Phi) is 6.54. The van der Waals surface area contributed by atoms with Gasteiger partial charge in [-0.15, -0.1) is 0 Å². The lowest BCUT2D eigenvalue weighted by molar-refractivity contribution is -0.139. The van der Waals surface area contributed by atoms with Crippen molar-refractivity contribution < 1.29 is 24.2 Å². The van der Waals surface area contributed by atoms with Crippen molar-refractivity contribution in [3.8, 4) is 11.5 Å². The monoisotopic (exact) mass is 447 g/mol. The number of phenols is 1. The van der Waals surface area contributed by atoms with E-state index in [1.54, 1.807) is 31.4 Å². The zero-order valence-electron chi connectivity index (χ0n) is 19.2. The number of benzene rings is 2. The molecule has 0 spiro atoms. The highest BCUT2D eigenvalue weighted by atomic mass is 16.5. The predicted molar refractivity (Wildman–Crippen MR) is 125 cm³/mol. The summed E-state index contributed by atoms with van der Waals surface area (Å²) in [6.07, 6.45) is 1.67. The molecule has 2 aromatic rings. The third-order valence-corrected chi connectivity index (χ3v) is 6.29. The van der Waals surface area contributed by atoms with Crippen molar-refractivity contribution in [2.75, 3.05) is 13.7 Å². The minimum Gasteiger partial charge on any atom is -0.508 e. The van der Waals surface area contributed by atoms with Crippen LogP contribution in [0.25, 0.3) is 0 Å². The summed E-state index contributed by atoms with van der Waals surface area (Å²) in [5.41, 5.74) is 4.32. The second-order valence-electron chi connectivity index (χ2n) is 8.49. The van der Waals surface area contributed by atoms with Crippen molar-refractivity contribution in [2.45, 2.75) is 44.9 Å². The Bertz CT molecular complexity index is 1130. The minimum absolute atomic E-state index is 0.00831. The lowest BCUT2D eigenvalue weighted by atomic mass is 9.71. The van der Waals surface area contributed by atoms with Gasteiger partial charge < -0.3 is 19.9 Å². The first-order chi connectivity index (χ1) is 15.9. The predicted octanol–water partition coefficient (Wildman–Crippen LogP) is 4.72. The highest BCUT2D eigenvalue weighted by molar-refractivity contribution is 6.04. The maximum atomic E-state index is 13.6. The lowest BCUT2D eigenvalue weighted by Crippen LogP contribution is -2.36. The first-order valence-corrected chi connectivity index (χ1v) is 11.3. The van der Waals surface area contributed by atoms with E-state index in [2.05, 4.69) is 5.32 Å². The van der Waals surface area contributed by atoms with E-state index in [-0.39, 0.29) is 17.5 Å². The van der Waals surface area contributed by atoms with Crippen LogP contribution in [0, 0.1) is 0 Å². The third-order valence-electron chi connectivity index (χ3n) is 6.29. The van der Waals surface area contributed by atoms with Crippen LogP contribution in [0.2, 0.25) is 0 Å². The molecule has 0 unspecified atom stereocenters. The van der Waals surface area contributed by atoms with Crippen LogP contribution in [0.15, 0.2) is 71.1 Å². The molecule has 0 aromatic heterocycles. The summed E-state index contributed by atoms with van der Waals surface area (Å²) in [6, 6.07) is 14.4. The Balaban J connectivity index is 1.78. The number of phenolic OH excluding ortho intramolecular Hbond substituents is 1. The van der Waals surface area contributed by atoms with Crippen LogP contribution >= 0.6 is 0 Å². The Morgan fingerprint density at radius 2 is 1.85 bits per heavy atom. The SMILES string of the molecule is CCCOC(=O)C1=C(C)NC2=C(C(=O)C[C@@H](c3ccccc3OC)C2)[C@@H]1c1ccc(O)cc1. The number of carbonyl (C=O) groups excluding carboxylic acids is 2. The molecule has 6 nitrogen and oxygen atoms in total. The van der Waals surface area contributed by atoms with E-state index in [1.165, 1.54) is 0 Å². The molecule has 2 atom stereocenters. The molecular formula is C27H29NO5. The molecule has 1 aliphatic carbocycles. The molecule has 6 heteroatoms. The Labute approximate surface area is 193 Å². The topological polar surface area (TPSA) is 84.9 Å². The number of hydrogen-bond acceptors (Lipinski definition) is 6. The van der Waals surface area contributed by atoms with Gasteiger partial charge in [0.2, 0.25) is 0 Å². The second-order valence-corrected chi connectivity index (χ2v) is 8.49. The summed E-state index contributed by atoms with van der Waals surface area (Å²) in [5.74, 6) is -0.110. The zero-order chi connectivity index (χ0) is 23.5. The third kappa shape index (κ3) is 4.38. The number of ketones is 1. The molecule has 0 bridgehead atoms. The number of Topliss-reactive ketones (excluding diaryl/α,β-unsaturated/α-hetero) is 1. The summed E-state index contributed by atoms with van der Waals surface area (Å²) in [5, 5.41) is 13.1. The average Bonchev–Trinajstić information content (AvgIpc) is 2.82. The lowest BCUT2D eigenvalue weighted by Gasteiger charge is -2.37. The largest absolute Gasteiger partial charge is 0.508 e. The van der Waals surface area contributed by atoms with Crippen LogP contribution in [0.1, 0.15) is 56.1 Å². The molecule has 1 heterocycles. The molecule has 33 heavy (non-hydrogen) atoms. The highest BCUT2D eigenvalue weighted by Crippen LogP contribution is 2.47. The van der Waals surface area contributed by atoms with Gasteiger partial charge in [0.05, 0.1) is 19.3 Å². The normalized spacial score (nSPS) is 20.3. The average molecular weight is 448 g/mol. The number of hydrogen-bond donors (Lipinski definition) is 2. The van der Waals surface area contributed by atoms with Crippen molar-refractivity contribution in [1.29, 1.82) is 0 Å². The first kappa shape index (κ1) is 22.6. The summed E-state index contributed by atoms with van der Waals surface area (Å²) in [7, 11) is 1.63. The van der Waals surface area contributed by atoms with E-state index in [0.717, 1.165) is 22.6 Å². The van der Waals surface area contributed by atoms with E-state index in [0.29, 0.717) is 42.7 Å². The van der Waals surface area contributed by atoms with E-state index in [1.807, 2.05) is 38.1 Å². The standard InChI is InChI=1S/C27H29NO5/c1-4-13-33-27(31)24-16(2)28-21-14-18(20-7-5-6-8-23(20)32-3)15-22(30)26(21)25(24)17-9-11-19(29)12-10-17/h5-12,18,25,28-29H,4,13-15H2,1-3H3/t18-,25+/m0/s1. The van der Waals surface area contributed by atoms with E-state index in [4.69, 9.17) is 9.47 Å². The molecule has 0 amide bonds. The number of esters is 1. The van der Waals surface area contributed by atoms with Crippen LogP contribution in [0.4, 0.5) is 0 Å². The Hall–Kier alpha value is -3.54. The fourth-order valence-corrected chi connectivity index (χ4v) is 4.81. The van der Waals surface area contributed by atoms with Crippen LogP contribution in [-0.4, -0.2) is 30.6 Å². The van der Waals surface area contributed by atoms with Crippen LogP contribution in [-0.2, 0) is 14.3 Å². The van der Waals surface area contributed by atoms with Gasteiger partial charge in [-0.1, -0.05) is 37.3 Å². The van der Waals surface area contributed by atoms with Gasteiger partial charge in [-0.05, 0) is 49.1 Å². The van der Waals surface area contributed by atoms with Gasteiger partial charge in [-0.2, -0.15) is 0 Å². The number of aromatic hydroxyl groups is 1. The van der Waals surface area contributed by atoms with Crippen LogP contribution in [0.3, 0.4) is 0 Å². The van der Waals surface area contributed by atoms with Crippen molar-refractivity contribution in [1.82, 2.24) is 5.32 Å². The molecule has 1 aliphatic heterocycles. The quantitative estimate of drug-likeness (QED) is 0.624. The molecule has 2 aliphatic rings. The first-order valence-electron chi connectivity index (χ1n) is 11.3. The summed E-state index contributed by atoms with van der Waals surface area (Å²) in [6.45, 7) is 4.10. The van der Waals surface area contributed by atoms with E-state index < -0.39 is 11.9 Å². The van der Waals surface area contributed by atoms with Crippen LogP contribution < -0.4 is 10.1 Å². The number of ether oxygens (including phenoxy) is 2. The minimum atomic E-state index is -0.544. The molecule has 2 N–H and O–H groups in total. The number of carbonyl (C=O) groups is 2. The van der Waals surface area contributed by atoms with Crippen molar-refractivity contribution in [3.63, 3.8) is 0 Å². The van der Waals surface area contributed by atoms with Gasteiger partial charge in [0.15, 0.2) is 5.78 Å². The number of rotatable bonds is 6. The van der Waals surface area contributed by atoms with Gasteiger partial charge in [-0.25, -0.2) is 4.79 Å². The van der Waals surface area contributed by atoms with Crippen LogP contribution in [0.5, 0.6) is 11.5 Å². The molecule has 0 radical (unpaired) electrons. The molecule has 2 aromatic carbocycles. The van der Waals surface area contributed by atoms with Gasteiger partial charge in [0, 0.05) is 35.2 Å². The zero-order valence-corrected chi connectivity index (χ0v) is 19.2. The van der Waals surface area contributed by atoms with Gasteiger partial charge >= 0.3 is 5.97 Å². The summed E-state index contributed by atoms with van der Waals surface area (Å²) < 4.78 is 11.0. The number of nitrogens with one attached hydrogen (secondary N) is 1. The maximum absolute atomic E-state index is 13.6. The number of dihydropyridines is 1. The Morgan fingerprint density at radius 3 is 2.55 bits per heavy atom. The number of para-hydroxylation sites is 1. The molecule has 0 saturated carbocycles. The number of methoxy groups -OCH3 is 1. The highest BCUT2D eigenvalue weighted by Gasteiger charge is 2.41. The van der Waals surface area contributed by atoms with Crippen molar-refractivity contribution in [3.05, 3.63) is 82.2 Å². The van der Waals surface area contributed by atoms with Crippen molar-refractivity contribution in [2.24, 2.45) is 0 Å². The molecule has 0 fully saturated rings. The molecule has 4 rings (SSSR count). The fourth-order valence-electron chi connectivity index (χ4n) is 4.81. The fraction of sp³-hybridized carbons (Fsp3) is 0.333. The molecular weight excluding hydrogens is 418 g/mol. The Morgan fingerprint density at radius 1 is 1.12 bits per heavy atom. The van der Waals surface area contributed by atoms with E-state index >= 15 is 0 Å². The second kappa shape index (κ2) is 9.53. The summed E-state index contributed by atoms with van der Waals surface area (Å²) >= 11 is 0. The van der Waals surface area contributed by atoms with E-state index in [9.17, 15) is 14.7 Å². The smallest absolute Gasteiger partial charge is 0.336 e. The molecule has 172 valence electrons. The van der Waals surface area contributed by atoms with Crippen molar-refractivity contribution >= 4 is 11.8 Å². The summed E-state index contributed by atoms with van der Waals surface area (Å²) in [4.78, 5) is 26.6. The van der Waals surface area contributed by atoms with Gasteiger partial charge in [0.25, 0.3) is 0 Å². The maximum Gasteiger partial charge on any atom is 0.336 e. The van der Waals surface area contributed by atoms with Gasteiger partial charge in [0.1, 0.15) is 11.5 Å². The molecule has 0 saturated heterocycles.